The van der Waals surface area contributed by atoms with Crippen molar-refractivity contribution in [3.8, 4) is 0 Å². The highest BCUT2D eigenvalue weighted by atomic mass is 16.3. The number of carbonyl (C=O) groups is 2. The van der Waals surface area contributed by atoms with Gasteiger partial charge in [-0.05, 0) is 37.1 Å². The van der Waals surface area contributed by atoms with Gasteiger partial charge in [0.05, 0.1) is 39.0 Å². The van der Waals surface area contributed by atoms with Crippen molar-refractivity contribution in [3.63, 3.8) is 0 Å². The fourth-order valence-electron chi connectivity index (χ4n) is 3.73. The summed E-state index contributed by atoms with van der Waals surface area (Å²) in [4.78, 5) is 27.8. The van der Waals surface area contributed by atoms with Crippen LogP contribution in [0.1, 0.15) is 24.6 Å². The molecule has 0 radical (unpaired) electrons. The summed E-state index contributed by atoms with van der Waals surface area (Å²) in [5.41, 5.74) is 1.24. The number of hydrogen-bond acceptors (Lipinski definition) is 4. The molecule has 2 amide bonds. The summed E-state index contributed by atoms with van der Waals surface area (Å²) in [7, 11) is 0. The lowest BCUT2D eigenvalue weighted by Crippen LogP contribution is -3.15. The molecule has 1 saturated carbocycles. The van der Waals surface area contributed by atoms with E-state index in [1.54, 1.807) is 6.26 Å². The minimum Gasteiger partial charge on any atom is -0.463 e. The number of piperazine rings is 1. The third-order valence-corrected chi connectivity index (χ3v) is 5.49. The molecule has 7 nitrogen and oxygen atoms in total. The maximum atomic E-state index is 12.1. The SMILES string of the molecule is O=C(NC[C@H](c1ccco1)[NH+]1CCN(c2ccccc2)CC1)C(=O)NC1CC1. The van der Waals surface area contributed by atoms with Crippen LogP contribution in [0, 0.1) is 0 Å². The average Bonchev–Trinajstić information content (AvgIpc) is 3.39. The molecule has 3 N–H and O–H groups in total. The quantitative estimate of drug-likeness (QED) is 0.619. The van der Waals surface area contributed by atoms with Gasteiger partial charge >= 0.3 is 11.8 Å². The fourth-order valence-corrected chi connectivity index (χ4v) is 3.73. The van der Waals surface area contributed by atoms with Crippen molar-refractivity contribution >= 4 is 17.5 Å². The molecule has 148 valence electrons. The largest absolute Gasteiger partial charge is 0.463 e. The van der Waals surface area contributed by atoms with Gasteiger partial charge in [0.1, 0.15) is 0 Å². The average molecular weight is 383 g/mol. The van der Waals surface area contributed by atoms with Crippen LogP contribution in [0.15, 0.2) is 53.1 Å². The Morgan fingerprint density at radius 1 is 1.07 bits per heavy atom. The van der Waals surface area contributed by atoms with E-state index < -0.39 is 11.8 Å². The van der Waals surface area contributed by atoms with Crippen LogP contribution in [0.2, 0.25) is 0 Å². The van der Waals surface area contributed by atoms with E-state index >= 15 is 0 Å². The number of rotatable bonds is 6. The number of carbonyl (C=O) groups excluding carboxylic acids is 2. The highest BCUT2D eigenvalue weighted by Crippen LogP contribution is 2.18. The number of nitrogens with zero attached hydrogens (tertiary/aromatic N) is 1. The zero-order valence-electron chi connectivity index (χ0n) is 15.9. The van der Waals surface area contributed by atoms with Crippen LogP contribution < -0.4 is 20.4 Å². The first-order chi connectivity index (χ1) is 13.7. The van der Waals surface area contributed by atoms with Crippen LogP contribution in [-0.4, -0.2) is 50.6 Å². The Balaban J connectivity index is 1.35. The number of amides is 2. The summed E-state index contributed by atoms with van der Waals surface area (Å²) in [6, 6.07) is 14.4. The predicted octanol–water partition coefficient (Wildman–Crippen LogP) is 0.121. The lowest BCUT2D eigenvalue weighted by molar-refractivity contribution is -0.932. The zero-order valence-corrected chi connectivity index (χ0v) is 15.9. The smallest absolute Gasteiger partial charge is 0.309 e. The number of quaternary nitrogens is 1. The van der Waals surface area contributed by atoms with Gasteiger partial charge in [-0.15, -0.1) is 0 Å². The summed E-state index contributed by atoms with van der Waals surface area (Å²) < 4.78 is 5.64. The second-order valence-corrected chi connectivity index (χ2v) is 7.51. The molecule has 4 rings (SSSR count). The molecule has 1 aliphatic carbocycles. The van der Waals surface area contributed by atoms with E-state index in [0.29, 0.717) is 6.54 Å². The van der Waals surface area contributed by atoms with E-state index in [4.69, 9.17) is 4.42 Å². The second-order valence-electron chi connectivity index (χ2n) is 7.51. The van der Waals surface area contributed by atoms with Crippen molar-refractivity contribution < 1.29 is 18.9 Å². The minimum atomic E-state index is -0.564. The van der Waals surface area contributed by atoms with Gasteiger partial charge in [-0.25, -0.2) is 0 Å². The number of furan rings is 1. The third kappa shape index (κ3) is 4.54. The van der Waals surface area contributed by atoms with Gasteiger partial charge in [0, 0.05) is 11.7 Å². The van der Waals surface area contributed by atoms with Gasteiger partial charge in [0.2, 0.25) is 0 Å². The molecule has 2 heterocycles. The third-order valence-electron chi connectivity index (χ3n) is 5.49. The van der Waals surface area contributed by atoms with Gasteiger partial charge < -0.3 is 24.9 Å². The molecule has 2 fully saturated rings. The molecule has 1 aromatic heterocycles. The van der Waals surface area contributed by atoms with Gasteiger partial charge in [-0.2, -0.15) is 0 Å². The van der Waals surface area contributed by atoms with Crippen LogP contribution in [0.3, 0.4) is 0 Å². The van der Waals surface area contributed by atoms with E-state index in [1.807, 2.05) is 18.2 Å². The van der Waals surface area contributed by atoms with Gasteiger partial charge in [0.25, 0.3) is 0 Å². The van der Waals surface area contributed by atoms with Crippen LogP contribution >= 0.6 is 0 Å². The molecule has 1 saturated heterocycles. The van der Waals surface area contributed by atoms with E-state index in [0.717, 1.165) is 44.8 Å². The van der Waals surface area contributed by atoms with E-state index in [-0.39, 0.29) is 12.1 Å². The summed E-state index contributed by atoms with van der Waals surface area (Å²) in [5.74, 6) is -0.263. The molecule has 1 aliphatic heterocycles. The molecular weight excluding hydrogens is 356 g/mol. The van der Waals surface area contributed by atoms with E-state index in [1.165, 1.54) is 10.6 Å². The number of nitrogens with one attached hydrogen (secondary N) is 3. The number of benzene rings is 1. The molecule has 0 bridgehead atoms. The Kier molecular flexibility index (Phi) is 5.62. The Morgan fingerprint density at radius 3 is 2.46 bits per heavy atom. The lowest BCUT2D eigenvalue weighted by Gasteiger charge is -2.37. The molecule has 0 spiro atoms. The maximum Gasteiger partial charge on any atom is 0.309 e. The van der Waals surface area contributed by atoms with Crippen molar-refractivity contribution in [2.24, 2.45) is 0 Å². The molecule has 1 aromatic carbocycles. The zero-order chi connectivity index (χ0) is 19.3. The Hall–Kier alpha value is -2.80. The lowest BCUT2D eigenvalue weighted by atomic mass is 10.1. The Labute approximate surface area is 164 Å². The van der Waals surface area contributed by atoms with Crippen molar-refractivity contribution in [3.05, 3.63) is 54.5 Å². The first-order valence-corrected chi connectivity index (χ1v) is 9.97. The number of hydrogen-bond donors (Lipinski definition) is 3. The maximum absolute atomic E-state index is 12.1. The van der Waals surface area contributed by atoms with Gasteiger partial charge in [0.15, 0.2) is 11.8 Å². The Bertz CT molecular complexity index is 781. The molecule has 28 heavy (non-hydrogen) atoms. The summed E-state index contributed by atoms with van der Waals surface area (Å²) in [6.07, 6.45) is 3.58. The summed E-state index contributed by atoms with van der Waals surface area (Å²) >= 11 is 0. The first kappa shape index (κ1) is 18.6. The van der Waals surface area contributed by atoms with Crippen molar-refractivity contribution in [2.45, 2.75) is 24.9 Å². The number of para-hydroxylation sites is 1. The van der Waals surface area contributed by atoms with Crippen LogP contribution in [-0.2, 0) is 9.59 Å². The van der Waals surface area contributed by atoms with Gasteiger partial charge in [-0.3, -0.25) is 9.59 Å². The molecule has 2 aromatic rings. The Morgan fingerprint density at radius 2 is 1.82 bits per heavy atom. The van der Waals surface area contributed by atoms with E-state index in [9.17, 15) is 9.59 Å². The highest BCUT2D eigenvalue weighted by molar-refractivity contribution is 6.35. The fraction of sp³-hybridized carbons (Fsp3) is 0.429. The van der Waals surface area contributed by atoms with Crippen LogP contribution in [0.5, 0.6) is 0 Å². The second kappa shape index (κ2) is 8.48. The minimum absolute atomic E-state index is 0.00871. The van der Waals surface area contributed by atoms with Gasteiger partial charge in [-0.1, -0.05) is 18.2 Å². The van der Waals surface area contributed by atoms with Crippen LogP contribution in [0.25, 0.3) is 0 Å². The topological polar surface area (TPSA) is 79.0 Å². The van der Waals surface area contributed by atoms with Crippen molar-refractivity contribution in [1.82, 2.24) is 10.6 Å². The molecule has 2 aliphatic rings. The molecule has 1 atom stereocenters. The normalized spacial score (nSPS) is 18.5. The molecule has 7 heteroatoms. The molecular formula is C21H27N4O3+. The summed E-state index contributed by atoms with van der Waals surface area (Å²) in [5, 5.41) is 5.53. The van der Waals surface area contributed by atoms with Crippen molar-refractivity contribution in [1.29, 1.82) is 0 Å². The monoisotopic (exact) mass is 383 g/mol. The first-order valence-electron chi connectivity index (χ1n) is 9.97. The number of anilines is 1. The highest BCUT2D eigenvalue weighted by Gasteiger charge is 2.32. The molecule has 0 unspecified atom stereocenters. The predicted molar refractivity (Wildman–Crippen MR) is 105 cm³/mol. The van der Waals surface area contributed by atoms with Crippen molar-refractivity contribution in [2.75, 3.05) is 37.6 Å². The van der Waals surface area contributed by atoms with Crippen LogP contribution in [0.4, 0.5) is 5.69 Å². The summed E-state index contributed by atoms with van der Waals surface area (Å²) in [6.45, 7) is 4.12. The van der Waals surface area contributed by atoms with E-state index in [2.05, 4.69) is 39.8 Å². The standard InChI is InChI=1S/C21H26N4O3/c26-20(21(27)23-16-8-9-16)22-15-18(19-7-4-14-28-19)25-12-10-24(11-13-25)17-5-2-1-3-6-17/h1-7,14,16,18H,8-13,15H2,(H,22,26)(H,23,27)/p+1/t18-/m1/s1.